The fourth-order valence-electron chi connectivity index (χ4n) is 2.00. The van der Waals surface area contributed by atoms with Crippen molar-refractivity contribution < 1.29 is 15.0 Å². The van der Waals surface area contributed by atoms with Gasteiger partial charge in [0.1, 0.15) is 16.2 Å². The molecule has 0 aliphatic heterocycles. The lowest BCUT2D eigenvalue weighted by Crippen LogP contribution is -2.36. The number of fused-ring (bicyclic) bond motifs is 1. The average Bonchev–Trinajstić information content (AvgIpc) is 3.00. The maximum Gasteiger partial charge on any atom is 0.280 e. The van der Waals surface area contributed by atoms with E-state index < -0.39 is 0 Å². The zero-order valence-electron chi connectivity index (χ0n) is 13.2. The van der Waals surface area contributed by atoms with Gasteiger partial charge in [0.15, 0.2) is 5.01 Å². The first-order valence-corrected chi connectivity index (χ1v) is 8.49. The van der Waals surface area contributed by atoms with E-state index in [1.54, 1.807) is 12.1 Å². The minimum Gasteiger partial charge on any atom is -0.394 e. The van der Waals surface area contributed by atoms with E-state index in [1.165, 1.54) is 11.3 Å². The first-order chi connectivity index (χ1) is 11.1. The lowest BCUT2D eigenvalue weighted by atomic mass is 10.2. The number of aliphatic hydroxyl groups is 2. The summed E-state index contributed by atoms with van der Waals surface area (Å²) >= 11 is 1.21. The number of pyridine rings is 1. The topological polar surface area (TPSA) is 107 Å². The Balaban J connectivity index is 2.17. The van der Waals surface area contributed by atoms with E-state index >= 15 is 0 Å². The molecule has 2 rings (SSSR count). The molecular formula is C15H22N4O3S. The number of hydrogen-bond acceptors (Lipinski definition) is 7. The standard InChI is InChI=1S/C15H22N4O3S/c1-3-9(7-20)16-12-6-5-11-14(19-12)23-15(18-11)13(22)17-10(4-2)8-21/h5-6,9-10,20-21H,3-4,7-8H2,1-2H3,(H,16,19)(H,17,22)/t9-,10+/m0/s1. The van der Waals surface area contributed by atoms with E-state index in [0.29, 0.717) is 27.6 Å². The molecule has 2 heterocycles. The Morgan fingerprint density at radius 3 is 2.48 bits per heavy atom. The predicted molar refractivity (Wildman–Crippen MR) is 90.8 cm³/mol. The van der Waals surface area contributed by atoms with Crippen molar-refractivity contribution in [1.29, 1.82) is 0 Å². The van der Waals surface area contributed by atoms with Crippen molar-refractivity contribution in [1.82, 2.24) is 15.3 Å². The summed E-state index contributed by atoms with van der Waals surface area (Å²) < 4.78 is 0. The Labute approximate surface area is 138 Å². The summed E-state index contributed by atoms with van der Waals surface area (Å²) in [5.41, 5.74) is 0.653. The summed E-state index contributed by atoms with van der Waals surface area (Å²) in [6.07, 6.45) is 1.44. The van der Waals surface area contributed by atoms with Gasteiger partial charge in [-0.2, -0.15) is 0 Å². The molecule has 0 bridgehead atoms. The zero-order valence-corrected chi connectivity index (χ0v) is 14.1. The van der Waals surface area contributed by atoms with E-state index in [2.05, 4.69) is 20.6 Å². The molecule has 0 saturated heterocycles. The number of carbonyl (C=O) groups excluding carboxylic acids is 1. The highest BCUT2D eigenvalue weighted by atomic mass is 32.1. The average molecular weight is 338 g/mol. The molecule has 2 atom stereocenters. The van der Waals surface area contributed by atoms with Gasteiger partial charge in [0.25, 0.3) is 5.91 Å². The van der Waals surface area contributed by atoms with Crippen molar-refractivity contribution in [3.8, 4) is 0 Å². The number of thiazole rings is 1. The quantitative estimate of drug-likeness (QED) is 0.579. The first-order valence-electron chi connectivity index (χ1n) is 7.67. The number of carbonyl (C=O) groups is 1. The molecule has 0 radical (unpaired) electrons. The third kappa shape index (κ3) is 4.37. The van der Waals surface area contributed by atoms with Gasteiger partial charge in [0.05, 0.1) is 25.3 Å². The zero-order chi connectivity index (χ0) is 16.8. The number of nitrogens with one attached hydrogen (secondary N) is 2. The molecule has 1 amide bonds. The monoisotopic (exact) mass is 338 g/mol. The van der Waals surface area contributed by atoms with Crippen molar-refractivity contribution in [2.45, 2.75) is 38.8 Å². The van der Waals surface area contributed by atoms with Crippen LogP contribution in [0.25, 0.3) is 10.3 Å². The number of hydrogen-bond donors (Lipinski definition) is 4. The maximum absolute atomic E-state index is 12.1. The second-order valence-corrected chi connectivity index (χ2v) is 6.21. The molecule has 0 aliphatic carbocycles. The van der Waals surface area contributed by atoms with Crippen LogP contribution in [-0.4, -0.2) is 51.4 Å². The lowest BCUT2D eigenvalue weighted by Gasteiger charge is -2.14. The molecule has 8 heteroatoms. The summed E-state index contributed by atoms with van der Waals surface area (Å²) in [7, 11) is 0. The molecule has 0 saturated carbocycles. The van der Waals surface area contributed by atoms with E-state index in [9.17, 15) is 9.90 Å². The van der Waals surface area contributed by atoms with E-state index in [0.717, 1.165) is 6.42 Å². The Morgan fingerprint density at radius 1 is 1.17 bits per heavy atom. The van der Waals surface area contributed by atoms with Gasteiger partial charge in [0, 0.05) is 0 Å². The Hall–Kier alpha value is -1.77. The molecule has 126 valence electrons. The SMILES string of the molecule is CC[C@H](CO)NC(=O)c1nc2ccc(N[C@@H](CC)CO)nc2s1. The van der Waals surface area contributed by atoms with Crippen LogP contribution in [0, 0.1) is 0 Å². The number of aromatic nitrogens is 2. The van der Waals surface area contributed by atoms with Crippen LogP contribution in [0.5, 0.6) is 0 Å². The van der Waals surface area contributed by atoms with Crippen molar-refractivity contribution in [2.75, 3.05) is 18.5 Å². The summed E-state index contributed by atoms with van der Waals surface area (Å²) in [4.78, 5) is 21.5. The smallest absolute Gasteiger partial charge is 0.280 e. The lowest BCUT2D eigenvalue weighted by molar-refractivity contribution is 0.0915. The predicted octanol–water partition coefficient (Wildman–Crippen LogP) is 1.37. The van der Waals surface area contributed by atoms with E-state index in [4.69, 9.17) is 5.11 Å². The van der Waals surface area contributed by atoms with Crippen LogP contribution >= 0.6 is 11.3 Å². The molecular weight excluding hydrogens is 316 g/mol. The van der Waals surface area contributed by atoms with Crippen LogP contribution in [-0.2, 0) is 0 Å². The van der Waals surface area contributed by atoms with Crippen LogP contribution in [0.1, 0.15) is 36.5 Å². The second-order valence-electron chi connectivity index (χ2n) is 5.23. The van der Waals surface area contributed by atoms with Crippen molar-refractivity contribution in [2.24, 2.45) is 0 Å². The van der Waals surface area contributed by atoms with Gasteiger partial charge in [-0.3, -0.25) is 4.79 Å². The van der Waals surface area contributed by atoms with Crippen LogP contribution in [0.3, 0.4) is 0 Å². The van der Waals surface area contributed by atoms with Gasteiger partial charge in [-0.1, -0.05) is 25.2 Å². The molecule has 4 N–H and O–H groups in total. The molecule has 2 aromatic heterocycles. The van der Waals surface area contributed by atoms with Crippen LogP contribution < -0.4 is 10.6 Å². The summed E-state index contributed by atoms with van der Waals surface area (Å²) in [5.74, 6) is 0.348. The minimum atomic E-state index is -0.301. The number of rotatable bonds is 8. The molecule has 7 nitrogen and oxygen atoms in total. The minimum absolute atomic E-state index is 0.0339. The van der Waals surface area contributed by atoms with Crippen LogP contribution in [0.2, 0.25) is 0 Å². The van der Waals surface area contributed by atoms with Gasteiger partial charge in [-0.25, -0.2) is 9.97 Å². The highest BCUT2D eigenvalue weighted by Gasteiger charge is 2.16. The molecule has 0 aliphatic rings. The maximum atomic E-state index is 12.1. The molecule has 0 aromatic carbocycles. The third-order valence-corrected chi connectivity index (χ3v) is 4.53. The molecule has 2 aromatic rings. The van der Waals surface area contributed by atoms with Crippen molar-refractivity contribution in [3.05, 3.63) is 17.1 Å². The first kappa shape index (κ1) is 17.6. The fraction of sp³-hybridized carbons (Fsp3) is 0.533. The molecule has 23 heavy (non-hydrogen) atoms. The third-order valence-electron chi connectivity index (χ3n) is 3.56. The second kappa shape index (κ2) is 8.19. The van der Waals surface area contributed by atoms with Crippen LogP contribution in [0.4, 0.5) is 5.82 Å². The molecule has 0 spiro atoms. The fourth-order valence-corrected chi connectivity index (χ4v) is 2.85. The summed E-state index contributed by atoms with van der Waals surface area (Å²) in [6, 6.07) is 3.26. The largest absolute Gasteiger partial charge is 0.394 e. The Kier molecular flexibility index (Phi) is 6.26. The van der Waals surface area contributed by atoms with E-state index in [1.807, 2.05) is 13.8 Å². The molecule has 0 unspecified atom stereocenters. The Morgan fingerprint density at radius 2 is 1.87 bits per heavy atom. The van der Waals surface area contributed by atoms with Gasteiger partial charge >= 0.3 is 0 Å². The van der Waals surface area contributed by atoms with Gasteiger partial charge in [-0.15, -0.1) is 0 Å². The van der Waals surface area contributed by atoms with Crippen molar-refractivity contribution in [3.63, 3.8) is 0 Å². The van der Waals surface area contributed by atoms with Gasteiger partial charge < -0.3 is 20.8 Å². The van der Waals surface area contributed by atoms with Crippen LogP contribution in [0.15, 0.2) is 12.1 Å². The number of nitrogens with zero attached hydrogens (tertiary/aromatic N) is 2. The Bertz CT molecular complexity index is 653. The molecule has 0 fully saturated rings. The van der Waals surface area contributed by atoms with Gasteiger partial charge in [0.2, 0.25) is 0 Å². The number of amides is 1. The number of aliphatic hydroxyl groups excluding tert-OH is 2. The highest BCUT2D eigenvalue weighted by molar-refractivity contribution is 7.19. The van der Waals surface area contributed by atoms with Crippen molar-refractivity contribution >= 4 is 33.4 Å². The number of anilines is 1. The van der Waals surface area contributed by atoms with Gasteiger partial charge in [-0.05, 0) is 25.0 Å². The summed E-state index contributed by atoms with van der Waals surface area (Å²) in [5, 5.41) is 24.6. The highest BCUT2D eigenvalue weighted by Crippen LogP contribution is 2.22. The van der Waals surface area contributed by atoms with E-state index in [-0.39, 0.29) is 31.2 Å². The normalized spacial score (nSPS) is 13.7. The summed E-state index contributed by atoms with van der Waals surface area (Å²) in [6.45, 7) is 3.81.